The molecule has 0 amide bonds. The average molecular weight is 437 g/mol. The van der Waals surface area contributed by atoms with Gasteiger partial charge in [0.25, 0.3) is 0 Å². The van der Waals surface area contributed by atoms with Gasteiger partial charge in [0.15, 0.2) is 11.5 Å². The Bertz CT molecular complexity index is 951. The minimum absolute atomic E-state index is 0.638. The van der Waals surface area contributed by atoms with Crippen molar-refractivity contribution in [2.24, 2.45) is 0 Å². The molecular formula is C27H32O5. The summed E-state index contributed by atoms with van der Waals surface area (Å²) in [5, 5.41) is 0. The lowest BCUT2D eigenvalue weighted by Gasteiger charge is -2.20. The van der Waals surface area contributed by atoms with E-state index in [1.165, 1.54) is 11.1 Å². The topological polar surface area (TPSA) is 46.2 Å². The Morgan fingerprint density at radius 2 is 0.906 bits per heavy atom. The molecule has 5 nitrogen and oxygen atoms in total. The van der Waals surface area contributed by atoms with E-state index in [0.717, 1.165) is 59.8 Å². The molecule has 0 N–H and O–H groups in total. The molecule has 0 bridgehead atoms. The highest BCUT2D eigenvalue weighted by molar-refractivity contribution is 5.60. The van der Waals surface area contributed by atoms with Crippen LogP contribution in [0.25, 0.3) is 0 Å². The van der Waals surface area contributed by atoms with Gasteiger partial charge in [-0.15, -0.1) is 0 Å². The predicted octanol–water partition coefficient (Wildman–Crippen LogP) is 5.30. The van der Waals surface area contributed by atoms with Gasteiger partial charge in [0.1, 0.15) is 11.5 Å². The molecule has 5 heteroatoms. The Morgan fingerprint density at radius 3 is 1.28 bits per heavy atom. The number of ether oxygens (including phenoxy) is 5. The maximum atomic E-state index is 5.75. The number of hydrogen-bond acceptors (Lipinski definition) is 5. The van der Waals surface area contributed by atoms with E-state index in [9.17, 15) is 0 Å². The summed E-state index contributed by atoms with van der Waals surface area (Å²) in [6.45, 7) is 0. The molecular weight excluding hydrogens is 404 g/mol. The fraction of sp³-hybridized carbons (Fsp3) is 0.333. The maximum Gasteiger partial charge on any atom is 0.203 e. The fourth-order valence-electron chi connectivity index (χ4n) is 3.95. The van der Waals surface area contributed by atoms with Crippen molar-refractivity contribution >= 4 is 0 Å². The minimum atomic E-state index is 0.638. The summed E-state index contributed by atoms with van der Waals surface area (Å²) in [5.74, 6) is 3.80. The number of methoxy groups -OCH3 is 5. The van der Waals surface area contributed by atoms with Crippen LogP contribution in [0.3, 0.4) is 0 Å². The first-order valence-corrected chi connectivity index (χ1v) is 10.7. The summed E-state index contributed by atoms with van der Waals surface area (Å²) in [5.41, 5.74) is 4.60. The maximum absolute atomic E-state index is 5.75. The van der Waals surface area contributed by atoms with Crippen LogP contribution in [0, 0.1) is 0 Å². The van der Waals surface area contributed by atoms with E-state index in [2.05, 4.69) is 30.3 Å². The molecule has 0 saturated carbocycles. The van der Waals surface area contributed by atoms with Gasteiger partial charge < -0.3 is 23.7 Å². The highest BCUT2D eigenvalue weighted by Gasteiger charge is 2.20. The standard InChI is InChI=1S/C27H32O5/c1-28-23-10-6-8-19(16-23)12-14-21-18-22(26(31-4)27(32-5)25(21)30-3)15-13-20-9-7-11-24(17-20)29-2/h6-11,16-18H,12-15H2,1-5H3. The van der Waals surface area contributed by atoms with Crippen molar-refractivity contribution in [3.05, 3.63) is 76.9 Å². The smallest absolute Gasteiger partial charge is 0.203 e. The molecule has 0 aliphatic carbocycles. The molecule has 0 aromatic heterocycles. The van der Waals surface area contributed by atoms with Crippen LogP contribution in [0.15, 0.2) is 54.6 Å². The summed E-state index contributed by atoms with van der Waals surface area (Å²) >= 11 is 0. The minimum Gasteiger partial charge on any atom is -0.497 e. The summed E-state index contributed by atoms with van der Waals surface area (Å²) in [4.78, 5) is 0. The molecule has 3 aromatic rings. The average Bonchev–Trinajstić information content (AvgIpc) is 2.85. The van der Waals surface area contributed by atoms with E-state index in [1.54, 1.807) is 35.5 Å². The summed E-state index contributed by atoms with van der Waals surface area (Å²) in [6, 6.07) is 18.5. The molecule has 3 rings (SSSR count). The van der Waals surface area contributed by atoms with E-state index in [-0.39, 0.29) is 0 Å². The fourth-order valence-corrected chi connectivity index (χ4v) is 3.95. The van der Waals surface area contributed by atoms with Crippen molar-refractivity contribution in [3.8, 4) is 28.7 Å². The molecule has 0 radical (unpaired) electrons. The van der Waals surface area contributed by atoms with Gasteiger partial charge in [-0.3, -0.25) is 0 Å². The zero-order valence-electron chi connectivity index (χ0n) is 19.6. The second-order valence-electron chi connectivity index (χ2n) is 7.50. The zero-order valence-corrected chi connectivity index (χ0v) is 19.6. The normalized spacial score (nSPS) is 10.5. The van der Waals surface area contributed by atoms with Crippen molar-refractivity contribution < 1.29 is 23.7 Å². The molecule has 0 saturated heterocycles. The number of rotatable bonds is 11. The van der Waals surface area contributed by atoms with Crippen molar-refractivity contribution in [2.75, 3.05) is 35.5 Å². The van der Waals surface area contributed by atoms with Crippen LogP contribution in [0.5, 0.6) is 28.7 Å². The van der Waals surface area contributed by atoms with Gasteiger partial charge >= 0.3 is 0 Å². The first kappa shape index (κ1) is 23.3. The zero-order chi connectivity index (χ0) is 22.9. The van der Waals surface area contributed by atoms with Gasteiger partial charge in [0.05, 0.1) is 35.5 Å². The lowest BCUT2D eigenvalue weighted by Crippen LogP contribution is -2.05. The Morgan fingerprint density at radius 1 is 0.469 bits per heavy atom. The van der Waals surface area contributed by atoms with Crippen LogP contribution >= 0.6 is 0 Å². The van der Waals surface area contributed by atoms with Gasteiger partial charge in [-0.25, -0.2) is 0 Å². The molecule has 0 fully saturated rings. The number of benzene rings is 3. The highest BCUT2D eigenvalue weighted by Crippen LogP contribution is 2.43. The van der Waals surface area contributed by atoms with E-state index >= 15 is 0 Å². The molecule has 170 valence electrons. The van der Waals surface area contributed by atoms with E-state index in [0.29, 0.717) is 5.75 Å². The van der Waals surface area contributed by atoms with Crippen molar-refractivity contribution in [3.63, 3.8) is 0 Å². The van der Waals surface area contributed by atoms with Crippen LogP contribution in [0.2, 0.25) is 0 Å². The van der Waals surface area contributed by atoms with E-state index < -0.39 is 0 Å². The Balaban J connectivity index is 1.89. The molecule has 0 unspecified atom stereocenters. The molecule has 0 spiro atoms. The number of hydrogen-bond donors (Lipinski definition) is 0. The van der Waals surface area contributed by atoms with Crippen LogP contribution in [-0.2, 0) is 25.7 Å². The largest absolute Gasteiger partial charge is 0.497 e. The first-order chi connectivity index (χ1) is 15.6. The van der Waals surface area contributed by atoms with Gasteiger partial charge in [-0.2, -0.15) is 0 Å². The quantitative estimate of drug-likeness (QED) is 0.408. The summed E-state index contributed by atoms with van der Waals surface area (Å²) in [7, 11) is 8.36. The van der Waals surface area contributed by atoms with E-state index in [4.69, 9.17) is 23.7 Å². The third-order valence-corrected chi connectivity index (χ3v) is 5.59. The monoisotopic (exact) mass is 436 g/mol. The first-order valence-electron chi connectivity index (χ1n) is 10.7. The highest BCUT2D eigenvalue weighted by atomic mass is 16.5. The Kier molecular flexibility index (Phi) is 8.26. The van der Waals surface area contributed by atoms with Crippen LogP contribution in [0.4, 0.5) is 0 Å². The summed E-state index contributed by atoms with van der Waals surface area (Å²) in [6.07, 6.45) is 3.34. The molecule has 0 aliphatic heterocycles. The van der Waals surface area contributed by atoms with Crippen LogP contribution in [-0.4, -0.2) is 35.5 Å². The van der Waals surface area contributed by atoms with E-state index in [1.807, 2.05) is 24.3 Å². The Hall–Kier alpha value is -3.34. The van der Waals surface area contributed by atoms with Crippen LogP contribution in [0.1, 0.15) is 22.3 Å². The summed E-state index contributed by atoms with van der Waals surface area (Å²) < 4.78 is 27.9. The predicted molar refractivity (Wildman–Crippen MR) is 127 cm³/mol. The second-order valence-corrected chi connectivity index (χ2v) is 7.50. The van der Waals surface area contributed by atoms with Gasteiger partial charge in [-0.05, 0) is 78.3 Å². The molecule has 0 aliphatic rings. The molecule has 0 atom stereocenters. The second kappa shape index (κ2) is 11.3. The third-order valence-electron chi connectivity index (χ3n) is 5.59. The lowest BCUT2D eigenvalue weighted by molar-refractivity contribution is 0.320. The third kappa shape index (κ3) is 5.47. The SMILES string of the molecule is COc1cccc(CCc2cc(CCc3cccc(OC)c3)c(OC)c(OC)c2OC)c1. The molecule has 3 aromatic carbocycles. The van der Waals surface area contributed by atoms with Crippen LogP contribution < -0.4 is 23.7 Å². The number of aryl methyl sites for hydroxylation is 4. The van der Waals surface area contributed by atoms with Crippen molar-refractivity contribution in [2.45, 2.75) is 25.7 Å². The van der Waals surface area contributed by atoms with Crippen molar-refractivity contribution in [1.29, 1.82) is 0 Å². The van der Waals surface area contributed by atoms with Gasteiger partial charge in [0, 0.05) is 0 Å². The van der Waals surface area contributed by atoms with Gasteiger partial charge in [0.2, 0.25) is 5.75 Å². The Labute approximate surface area is 190 Å². The molecule has 32 heavy (non-hydrogen) atoms. The lowest BCUT2D eigenvalue weighted by atomic mass is 9.96. The van der Waals surface area contributed by atoms with Crippen molar-refractivity contribution in [1.82, 2.24) is 0 Å². The molecule has 0 heterocycles. The van der Waals surface area contributed by atoms with Gasteiger partial charge in [-0.1, -0.05) is 24.3 Å².